The second kappa shape index (κ2) is 9.54. The fraction of sp³-hybridized carbons (Fsp3) is 0.467. The molecule has 0 heterocycles. The third-order valence-corrected chi connectivity index (χ3v) is 2.91. The van der Waals surface area contributed by atoms with Crippen molar-refractivity contribution in [1.82, 2.24) is 10.7 Å². The van der Waals surface area contributed by atoms with E-state index < -0.39 is 0 Å². The van der Waals surface area contributed by atoms with Crippen LogP contribution in [0.2, 0.25) is 0 Å². The van der Waals surface area contributed by atoms with Crippen molar-refractivity contribution >= 4 is 0 Å². The predicted molar refractivity (Wildman–Crippen MR) is 77.4 cm³/mol. The first-order valence-corrected chi connectivity index (χ1v) is 6.79. The zero-order valence-electron chi connectivity index (χ0n) is 11.3. The van der Waals surface area contributed by atoms with E-state index in [0.29, 0.717) is 0 Å². The standard InChI is InChI=1S/C15H25N3/c1-2-3-4-8-11-15(18-16)13-17-12-14-9-6-5-7-10-14/h5-7,9-10,13,17-18H,2-4,8,11-12,16H2,1H3/b15-13-. The minimum absolute atomic E-state index is 0.834. The number of rotatable bonds is 9. The highest BCUT2D eigenvalue weighted by atomic mass is 15.2. The van der Waals surface area contributed by atoms with Crippen molar-refractivity contribution in [3.8, 4) is 0 Å². The van der Waals surface area contributed by atoms with E-state index in [9.17, 15) is 0 Å². The fourth-order valence-corrected chi connectivity index (χ4v) is 1.82. The molecule has 1 rings (SSSR count). The van der Waals surface area contributed by atoms with Gasteiger partial charge in [0.15, 0.2) is 0 Å². The lowest BCUT2D eigenvalue weighted by atomic mass is 10.1. The third-order valence-electron chi connectivity index (χ3n) is 2.91. The van der Waals surface area contributed by atoms with Gasteiger partial charge in [-0.2, -0.15) is 0 Å². The van der Waals surface area contributed by atoms with E-state index in [1.807, 2.05) is 24.4 Å². The Balaban J connectivity index is 2.25. The maximum Gasteiger partial charge on any atom is 0.0415 e. The third kappa shape index (κ3) is 6.30. The Morgan fingerprint density at radius 3 is 2.61 bits per heavy atom. The molecule has 0 aliphatic heterocycles. The van der Waals surface area contributed by atoms with Gasteiger partial charge in [-0.25, -0.2) is 0 Å². The number of hydrazine groups is 1. The van der Waals surface area contributed by atoms with Crippen LogP contribution in [0.5, 0.6) is 0 Å². The van der Waals surface area contributed by atoms with Crippen LogP contribution in [0.4, 0.5) is 0 Å². The summed E-state index contributed by atoms with van der Waals surface area (Å²) in [6.45, 7) is 3.06. The van der Waals surface area contributed by atoms with E-state index in [-0.39, 0.29) is 0 Å². The van der Waals surface area contributed by atoms with Crippen LogP contribution in [0.25, 0.3) is 0 Å². The number of nitrogens with one attached hydrogen (secondary N) is 2. The van der Waals surface area contributed by atoms with Gasteiger partial charge in [0.2, 0.25) is 0 Å². The van der Waals surface area contributed by atoms with Gasteiger partial charge >= 0.3 is 0 Å². The van der Waals surface area contributed by atoms with Crippen molar-refractivity contribution in [2.45, 2.75) is 45.6 Å². The van der Waals surface area contributed by atoms with Crippen LogP contribution in [-0.2, 0) is 6.54 Å². The van der Waals surface area contributed by atoms with Gasteiger partial charge in [0.05, 0.1) is 0 Å². The minimum Gasteiger partial charge on any atom is -0.385 e. The van der Waals surface area contributed by atoms with Crippen LogP contribution in [0, 0.1) is 0 Å². The lowest BCUT2D eigenvalue weighted by Crippen LogP contribution is -2.23. The number of benzene rings is 1. The zero-order chi connectivity index (χ0) is 13.1. The Morgan fingerprint density at radius 2 is 1.94 bits per heavy atom. The Bertz CT molecular complexity index is 333. The van der Waals surface area contributed by atoms with E-state index in [0.717, 1.165) is 18.7 Å². The molecule has 0 bridgehead atoms. The number of allylic oxidation sites excluding steroid dienone is 1. The molecule has 0 unspecified atom stereocenters. The van der Waals surface area contributed by atoms with Crippen molar-refractivity contribution in [3.05, 3.63) is 47.8 Å². The summed E-state index contributed by atoms with van der Waals surface area (Å²) in [6, 6.07) is 10.3. The molecule has 0 saturated carbocycles. The van der Waals surface area contributed by atoms with Crippen LogP contribution in [0.15, 0.2) is 42.2 Å². The normalized spacial score (nSPS) is 11.3. The molecule has 0 atom stereocenters. The van der Waals surface area contributed by atoms with Crippen molar-refractivity contribution in [1.29, 1.82) is 0 Å². The van der Waals surface area contributed by atoms with Gasteiger partial charge in [0.1, 0.15) is 0 Å². The molecule has 18 heavy (non-hydrogen) atoms. The Hall–Kier alpha value is -1.48. The Labute approximate surface area is 110 Å². The van der Waals surface area contributed by atoms with E-state index in [4.69, 9.17) is 5.84 Å². The lowest BCUT2D eigenvalue weighted by molar-refractivity contribution is 0.637. The molecule has 0 aromatic heterocycles. The highest BCUT2D eigenvalue weighted by Crippen LogP contribution is 2.07. The molecular weight excluding hydrogens is 222 g/mol. The first-order valence-electron chi connectivity index (χ1n) is 6.79. The quantitative estimate of drug-likeness (QED) is 0.357. The van der Waals surface area contributed by atoms with Gasteiger partial charge in [-0.3, -0.25) is 5.84 Å². The van der Waals surface area contributed by atoms with E-state index in [2.05, 4.69) is 29.8 Å². The minimum atomic E-state index is 0.834. The zero-order valence-corrected chi connectivity index (χ0v) is 11.3. The van der Waals surface area contributed by atoms with Gasteiger partial charge < -0.3 is 10.7 Å². The topological polar surface area (TPSA) is 50.1 Å². The molecule has 0 radical (unpaired) electrons. The molecule has 3 heteroatoms. The summed E-state index contributed by atoms with van der Waals surface area (Å²) >= 11 is 0. The summed E-state index contributed by atoms with van der Waals surface area (Å²) in [5.41, 5.74) is 5.11. The van der Waals surface area contributed by atoms with Gasteiger partial charge in [0, 0.05) is 18.4 Å². The maximum atomic E-state index is 5.51. The van der Waals surface area contributed by atoms with Gasteiger partial charge in [-0.1, -0.05) is 56.5 Å². The van der Waals surface area contributed by atoms with Gasteiger partial charge in [0.25, 0.3) is 0 Å². The highest BCUT2D eigenvalue weighted by molar-refractivity contribution is 5.14. The first kappa shape index (κ1) is 14.6. The second-order valence-electron chi connectivity index (χ2n) is 4.49. The average Bonchev–Trinajstić information content (AvgIpc) is 2.42. The molecule has 1 aromatic carbocycles. The molecule has 0 fully saturated rings. The van der Waals surface area contributed by atoms with Crippen LogP contribution in [0.3, 0.4) is 0 Å². The van der Waals surface area contributed by atoms with E-state index in [1.165, 1.54) is 31.2 Å². The SMILES string of the molecule is CCCCCC/C(=C/NCc1ccccc1)NN. The summed E-state index contributed by atoms with van der Waals surface area (Å²) in [6.07, 6.45) is 8.03. The molecule has 3 nitrogen and oxygen atoms in total. The van der Waals surface area contributed by atoms with Crippen molar-refractivity contribution < 1.29 is 0 Å². The van der Waals surface area contributed by atoms with Crippen LogP contribution >= 0.6 is 0 Å². The number of nitrogens with two attached hydrogens (primary N) is 1. The number of hydrogen-bond acceptors (Lipinski definition) is 3. The summed E-state index contributed by atoms with van der Waals surface area (Å²) in [5, 5.41) is 3.29. The predicted octanol–water partition coefficient (Wildman–Crippen LogP) is 3.05. The van der Waals surface area contributed by atoms with Crippen LogP contribution in [0.1, 0.15) is 44.6 Å². The Morgan fingerprint density at radius 1 is 1.17 bits per heavy atom. The summed E-state index contributed by atoms with van der Waals surface area (Å²) in [5.74, 6) is 5.51. The monoisotopic (exact) mass is 247 g/mol. The van der Waals surface area contributed by atoms with E-state index in [1.54, 1.807) is 0 Å². The summed E-state index contributed by atoms with van der Waals surface area (Å²) < 4.78 is 0. The fourth-order valence-electron chi connectivity index (χ4n) is 1.82. The molecule has 0 aliphatic carbocycles. The molecule has 0 spiro atoms. The number of hydrogen-bond donors (Lipinski definition) is 3. The Kier molecular flexibility index (Phi) is 7.73. The van der Waals surface area contributed by atoms with Gasteiger partial charge in [-0.15, -0.1) is 0 Å². The molecule has 0 saturated heterocycles. The van der Waals surface area contributed by atoms with Crippen molar-refractivity contribution in [2.24, 2.45) is 5.84 Å². The summed E-state index contributed by atoms with van der Waals surface area (Å²) in [7, 11) is 0. The molecule has 4 N–H and O–H groups in total. The second-order valence-corrected chi connectivity index (χ2v) is 4.49. The molecule has 1 aromatic rings. The average molecular weight is 247 g/mol. The smallest absolute Gasteiger partial charge is 0.0415 e. The highest BCUT2D eigenvalue weighted by Gasteiger charge is 1.95. The van der Waals surface area contributed by atoms with Gasteiger partial charge in [-0.05, 0) is 18.4 Å². The molecule has 0 amide bonds. The molecule has 100 valence electrons. The van der Waals surface area contributed by atoms with Crippen molar-refractivity contribution in [2.75, 3.05) is 0 Å². The van der Waals surface area contributed by atoms with Crippen LogP contribution < -0.4 is 16.6 Å². The van der Waals surface area contributed by atoms with E-state index >= 15 is 0 Å². The van der Waals surface area contributed by atoms with Crippen LogP contribution in [-0.4, -0.2) is 0 Å². The lowest BCUT2D eigenvalue weighted by Gasteiger charge is -2.08. The molecular formula is C15H25N3. The first-order chi connectivity index (χ1) is 8.86. The van der Waals surface area contributed by atoms with Crippen molar-refractivity contribution in [3.63, 3.8) is 0 Å². The largest absolute Gasteiger partial charge is 0.385 e. The summed E-state index contributed by atoms with van der Waals surface area (Å²) in [4.78, 5) is 0. The number of unbranched alkanes of at least 4 members (excludes halogenated alkanes) is 3. The maximum absolute atomic E-state index is 5.51. The molecule has 0 aliphatic rings.